The normalized spacial score (nSPS) is 14.6. The molecule has 1 aromatic carbocycles. The summed E-state index contributed by atoms with van der Waals surface area (Å²) in [5, 5.41) is 4.29. The maximum absolute atomic E-state index is 13.0. The molecule has 3 aromatic heterocycles. The van der Waals surface area contributed by atoms with E-state index in [1.54, 1.807) is 0 Å². The third-order valence-corrected chi connectivity index (χ3v) is 6.83. The molecule has 5 rings (SSSR count). The number of benzene rings is 1. The highest BCUT2D eigenvalue weighted by molar-refractivity contribution is 5.94. The zero-order valence-corrected chi connectivity index (χ0v) is 20.6. The van der Waals surface area contributed by atoms with Crippen molar-refractivity contribution in [2.24, 2.45) is 0 Å². The number of aromatic amines is 1. The summed E-state index contributed by atoms with van der Waals surface area (Å²) in [5.41, 5.74) is 4.88. The Hall–Kier alpha value is -3.36. The molecule has 1 saturated heterocycles. The Balaban J connectivity index is 1.28. The van der Waals surface area contributed by atoms with Crippen molar-refractivity contribution in [2.45, 2.75) is 19.8 Å². The molecule has 1 fully saturated rings. The van der Waals surface area contributed by atoms with Crippen molar-refractivity contribution in [3.8, 4) is 0 Å². The number of hydrogen-bond donors (Lipinski definition) is 2. The van der Waals surface area contributed by atoms with Crippen molar-refractivity contribution < 1.29 is 9.53 Å². The van der Waals surface area contributed by atoms with Crippen LogP contribution in [0.2, 0.25) is 0 Å². The molecule has 0 spiro atoms. The van der Waals surface area contributed by atoms with Crippen LogP contribution in [0, 0.1) is 0 Å². The number of para-hydroxylation sites is 1. The minimum absolute atomic E-state index is 0.0691. The van der Waals surface area contributed by atoms with Gasteiger partial charge in [0.15, 0.2) is 0 Å². The number of pyridine rings is 1. The minimum Gasteiger partial charge on any atom is -0.379 e. The van der Waals surface area contributed by atoms with Crippen molar-refractivity contribution in [1.82, 2.24) is 24.6 Å². The van der Waals surface area contributed by atoms with E-state index in [-0.39, 0.29) is 5.91 Å². The fourth-order valence-electron chi connectivity index (χ4n) is 4.83. The molecule has 1 amide bonds. The first-order valence-electron chi connectivity index (χ1n) is 12.5. The zero-order valence-electron chi connectivity index (χ0n) is 20.6. The van der Waals surface area contributed by atoms with Crippen LogP contribution in [0.15, 0.2) is 48.8 Å². The molecule has 0 saturated carbocycles. The highest BCUT2D eigenvalue weighted by Gasteiger charge is 2.18. The van der Waals surface area contributed by atoms with Gasteiger partial charge in [0.1, 0.15) is 11.5 Å². The Morgan fingerprint density at radius 2 is 2.03 bits per heavy atom. The highest BCUT2D eigenvalue weighted by atomic mass is 16.5. The number of ether oxygens (including phenoxy) is 1. The van der Waals surface area contributed by atoms with Gasteiger partial charge in [-0.15, -0.1) is 0 Å². The molecule has 0 atom stereocenters. The smallest absolute Gasteiger partial charge is 0.252 e. The number of rotatable bonds is 9. The van der Waals surface area contributed by atoms with E-state index >= 15 is 0 Å². The van der Waals surface area contributed by atoms with E-state index in [1.807, 2.05) is 36.7 Å². The SMILES string of the molecule is CCc1nc2ccc(C(=O)NCCc3c[nH]c4ccccc34)cn2c1N(C)CCN1CCOCC1. The molecule has 35 heavy (non-hydrogen) atoms. The van der Waals surface area contributed by atoms with E-state index in [9.17, 15) is 4.79 Å². The van der Waals surface area contributed by atoms with E-state index < -0.39 is 0 Å². The molecule has 4 aromatic rings. The number of fused-ring (bicyclic) bond motifs is 2. The molecule has 1 aliphatic rings. The number of H-pyrrole nitrogens is 1. The van der Waals surface area contributed by atoms with Gasteiger partial charge in [0, 0.05) is 63.1 Å². The Morgan fingerprint density at radius 1 is 1.20 bits per heavy atom. The van der Waals surface area contributed by atoms with Gasteiger partial charge in [-0.1, -0.05) is 25.1 Å². The number of carbonyl (C=O) groups is 1. The van der Waals surface area contributed by atoms with Crippen LogP contribution in [0.3, 0.4) is 0 Å². The fraction of sp³-hybridized carbons (Fsp3) is 0.407. The number of imidazole rings is 1. The second kappa shape index (κ2) is 10.5. The summed E-state index contributed by atoms with van der Waals surface area (Å²) in [7, 11) is 2.11. The molecule has 0 aliphatic carbocycles. The molecule has 8 heteroatoms. The topological polar surface area (TPSA) is 77.9 Å². The third kappa shape index (κ3) is 5.04. The quantitative estimate of drug-likeness (QED) is 0.390. The number of aryl methyl sites for hydroxylation is 1. The van der Waals surface area contributed by atoms with E-state index in [4.69, 9.17) is 9.72 Å². The monoisotopic (exact) mass is 474 g/mol. The van der Waals surface area contributed by atoms with Crippen LogP contribution in [-0.2, 0) is 17.6 Å². The number of carbonyl (C=O) groups excluding carboxylic acids is 1. The molecular formula is C27H34N6O2. The van der Waals surface area contributed by atoms with Crippen molar-refractivity contribution in [3.63, 3.8) is 0 Å². The molecule has 0 bridgehead atoms. The number of hydrogen-bond acceptors (Lipinski definition) is 5. The molecule has 0 unspecified atom stereocenters. The van der Waals surface area contributed by atoms with Crippen LogP contribution in [0.1, 0.15) is 28.5 Å². The summed E-state index contributed by atoms with van der Waals surface area (Å²) >= 11 is 0. The van der Waals surface area contributed by atoms with E-state index in [0.717, 1.165) is 74.9 Å². The molecule has 4 heterocycles. The Labute approximate surface area is 205 Å². The summed E-state index contributed by atoms with van der Waals surface area (Å²) in [5.74, 6) is 0.990. The summed E-state index contributed by atoms with van der Waals surface area (Å²) in [4.78, 5) is 25.8. The van der Waals surface area contributed by atoms with E-state index in [2.05, 4.69) is 50.6 Å². The van der Waals surface area contributed by atoms with E-state index in [0.29, 0.717) is 12.1 Å². The number of morpholine rings is 1. The van der Waals surface area contributed by atoms with Gasteiger partial charge in [-0.05, 0) is 36.6 Å². The Bertz CT molecular complexity index is 1300. The lowest BCUT2D eigenvalue weighted by molar-refractivity contribution is 0.0392. The summed E-state index contributed by atoms with van der Waals surface area (Å²) < 4.78 is 7.53. The molecule has 2 N–H and O–H groups in total. The van der Waals surface area contributed by atoms with Crippen LogP contribution in [-0.4, -0.2) is 78.2 Å². The van der Waals surface area contributed by atoms with Crippen LogP contribution < -0.4 is 10.2 Å². The lowest BCUT2D eigenvalue weighted by Crippen LogP contribution is -2.41. The maximum atomic E-state index is 13.0. The first kappa shape index (κ1) is 23.4. The van der Waals surface area contributed by atoms with Crippen LogP contribution >= 0.6 is 0 Å². The van der Waals surface area contributed by atoms with Crippen LogP contribution in [0.5, 0.6) is 0 Å². The predicted octanol–water partition coefficient (Wildman–Crippen LogP) is 3.12. The summed E-state index contributed by atoms with van der Waals surface area (Å²) in [6.45, 7) is 8.13. The average molecular weight is 475 g/mol. The Kier molecular flexibility index (Phi) is 7.01. The first-order chi connectivity index (χ1) is 17.1. The summed E-state index contributed by atoms with van der Waals surface area (Å²) in [6.07, 6.45) is 5.56. The molecule has 0 radical (unpaired) electrons. The van der Waals surface area contributed by atoms with Gasteiger partial charge >= 0.3 is 0 Å². The molecule has 8 nitrogen and oxygen atoms in total. The number of nitrogens with one attached hydrogen (secondary N) is 2. The van der Waals surface area contributed by atoms with Crippen LogP contribution in [0.4, 0.5) is 5.82 Å². The number of nitrogens with zero attached hydrogens (tertiary/aromatic N) is 4. The lowest BCUT2D eigenvalue weighted by atomic mass is 10.1. The average Bonchev–Trinajstić information content (AvgIpc) is 3.48. The van der Waals surface area contributed by atoms with Gasteiger partial charge in [0.25, 0.3) is 5.91 Å². The van der Waals surface area contributed by atoms with Gasteiger partial charge < -0.3 is 19.9 Å². The molecular weight excluding hydrogens is 440 g/mol. The predicted molar refractivity (Wildman–Crippen MR) is 139 cm³/mol. The summed E-state index contributed by atoms with van der Waals surface area (Å²) in [6, 6.07) is 12.0. The molecule has 184 valence electrons. The van der Waals surface area contributed by atoms with Gasteiger partial charge in [-0.25, -0.2) is 4.98 Å². The van der Waals surface area contributed by atoms with E-state index in [1.165, 1.54) is 10.9 Å². The molecule has 1 aliphatic heterocycles. The van der Waals surface area contributed by atoms with Gasteiger partial charge in [0.2, 0.25) is 0 Å². The number of amides is 1. The third-order valence-electron chi connectivity index (χ3n) is 6.83. The Morgan fingerprint density at radius 3 is 2.86 bits per heavy atom. The minimum atomic E-state index is -0.0691. The van der Waals surface area contributed by atoms with Crippen molar-refractivity contribution in [1.29, 1.82) is 0 Å². The van der Waals surface area contributed by atoms with Gasteiger partial charge in [0.05, 0.1) is 24.5 Å². The first-order valence-corrected chi connectivity index (χ1v) is 12.5. The second-order valence-electron chi connectivity index (χ2n) is 9.12. The fourth-order valence-corrected chi connectivity index (χ4v) is 4.83. The van der Waals surface area contributed by atoms with Crippen molar-refractivity contribution >= 4 is 28.3 Å². The number of likely N-dealkylation sites (N-methyl/N-ethyl adjacent to an activating group) is 1. The van der Waals surface area contributed by atoms with Gasteiger partial charge in [-0.2, -0.15) is 0 Å². The van der Waals surface area contributed by atoms with Crippen molar-refractivity contribution in [2.75, 3.05) is 57.9 Å². The standard InChI is InChI=1S/C27H34N6O2/c1-3-23-27(31(2)12-13-32-14-16-35-17-15-32)33-19-21(8-9-25(33)30-23)26(34)28-11-10-20-18-29-24-7-5-4-6-22(20)24/h4-9,18-19,29H,3,10-17H2,1-2H3,(H,28,34). The second-order valence-corrected chi connectivity index (χ2v) is 9.12. The highest BCUT2D eigenvalue weighted by Crippen LogP contribution is 2.23. The largest absolute Gasteiger partial charge is 0.379 e. The maximum Gasteiger partial charge on any atom is 0.252 e. The van der Waals surface area contributed by atoms with Crippen LogP contribution in [0.25, 0.3) is 16.6 Å². The van der Waals surface area contributed by atoms with Gasteiger partial charge in [-0.3, -0.25) is 14.1 Å². The lowest BCUT2D eigenvalue weighted by Gasteiger charge is -2.29. The number of anilines is 1. The zero-order chi connectivity index (χ0) is 24.2. The van der Waals surface area contributed by atoms with Crippen molar-refractivity contribution in [3.05, 3.63) is 65.6 Å². The number of aromatic nitrogens is 3.